The molecule has 0 aliphatic heterocycles. The summed E-state index contributed by atoms with van der Waals surface area (Å²) in [5, 5.41) is 15.6. The summed E-state index contributed by atoms with van der Waals surface area (Å²) < 4.78 is 10.4. The van der Waals surface area contributed by atoms with Crippen molar-refractivity contribution in [3.05, 3.63) is 45.8 Å². The van der Waals surface area contributed by atoms with E-state index in [1.807, 2.05) is 0 Å². The molecule has 6 nitrogen and oxygen atoms in total. The Hall–Kier alpha value is -1.76. The monoisotopic (exact) mass is 330 g/mol. The Bertz CT molecular complexity index is 630. The average molecular weight is 331 g/mol. The lowest BCUT2D eigenvalue weighted by Gasteiger charge is -2.05. The van der Waals surface area contributed by atoms with E-state index < -0.39 is 5.91 Å². The zero-order chi connectivity index (χ0) is 15.2. The van der Waals surface area contributed by atoms with Crippen LogP contribution in [0.5, 0.6) is 5.75 Å². The van der Waals surface area contributed by atoms with Gasteiger partial charge in [-0.25, -0.2) is 0 Å². The maximum Gasteiger partial charge on any atom is 0.273 e. The normalized spacial score (nSPS) is 10.4. The van der Waals surface area contributed by atoms with Crippen LogP contribution in [0.4, 0.5) is 0 Å². The first-order valence-corrected chi connectivity index (χ1v) is 6.78. The summed E-state index contributed by atoms with van der Waals surface area (Å²) >= 11 is 11.7. The molecule has 0 fully saturated rings. The number of halogens is 2. The van der Waals surface area contributed by atoms with Crippen LogP contribution in [0.3, 0.4) is 0 Å². The fraction of sp³-hybridized carbons (Fsp3) is 0.231. The summed E-state index contributed by atoms with van der Waals surface area (Å²) in [6.45, 7) is 0.0775. The van der Waals surface area contributed by atoms with Gasteiger partial charge in [-0.15, -0.1) is 0 Å². The summed E-state index contributed by atoms with van der Waals surface area (Å²) in [4.78, 5) is 11.6. The molecule has 0 aliphatic carbocycles. The number of amides is 1. The topological polar surface area (TPSA) is 84.6 Å². The zero-order valence-electron chi connectivity index (χ0n) is 10.8. The van der Waals surface area contributed by atoms with Crippen molar-refractivity contribution < 1.29 is 19.2 Å². The first kappa shape index (κ1) is 15.6. The van der Waals surface area contributed by atoms with E-state index in [1.165, 1.54) is 6.07 Å². The minimum Gasteiger partial charge on any atom is -0.484 e. The molecule has 0 spiro atoms. The third-order valence-corrected chi connectivity index (χ3v) is 2.98. The van der Waals surface area contributed by atoms with E-state index in [0.29, 0.717) is 21.6 Å². The third kappa shape index (κ3) is 4.35. The highest BCUT2D eigenvalue weighted by Gasteiger charge is 2.12. The van der Waals surface area contributed by atoms with Gasteiger partial charge in [0, 0.05) is 17.6 Å². The van der Waals surface area contributed by atoms with E-state index in [9.17, 15) is 4.79 Å². The molecule has 0 radical (unpaired) electrons. The van der Waals surface area contributed by atoms with Gasteiger partial charge in [0.25, 0.3) is 5.91 Å². The number of nitrogens with one attached hydrogen (secondary N) is 1. The molecule has 2 rings (SSSR count). The lowest BCUT2D eigenvalue weighted by atomic mass is 10.3. The van der Waals surface area contributed by atoms with Gasteiger partial charge in [0.05, 0.1) is 11.6 Å². The van der Waals surface area contributed by atoms with Crippen molar-refractivity contribution in [2.75, 3.05) is 13.2 Å². The molecule has 0 bridgehead atoms. The number of hydrogen-bond donors (Lipinski definition) is 2. The van der Waals surface area contributed by atoms with Crippen molar-refractivity contribution in [2.45, 2.75) is 6.61 Å². The Morgan fingerprint density at radius 2 is 2.19 bits per heavy atom. The summed E-state index contributed by atoms with van der Waals surface area (Å²) in [7, 11) is 0. The number of aromatic nitrogens is 1. The lowest BCUT2D eigenvalue weighted by Crippen LogP contribution is -2.26. The van der Waals surface area contributed by atoms with Crippen LogP contribution in [0.1, 0.15) is 16.2 Å². The molecule has 1 aromatic heterocycles. The lowest BCUT2D eigenvalue weighted by molar-refractivity contribution is 0.0935. The van der Waals surface area contributed by atoms with Crippen molar-refractivity contribution in [1.82, 2.24) is 10.5 Å². The molecule has 0 saturated heterocycles. The molecule has 0 saturated carbocycles. The van der Waals surface area contributed by atoms with E-state index in [4.69, 9.17) is 37.6 Å². The first-order valence-electron chi connectivity index (χ1n) is 6.02. The number of aliphatic hydroxyl groups excluding tert-OH is 1. The Labute approximate surface area is 130 Å². The molecule has 8 heteroatoms. The second kappa shape index (κ2) is 7.31. The second-order valence-corrected chi connectivity index (χ2v) is 4.87. The zero-order valence-corrected chi connectivity index (χ0v) is 12.3. The fourth-order valence-electron chi connectivity index (χ4n) is 1.49. The van der Waals surface area contributed by atoms with E-state index in [1.54, 1.807) is 18.2 Å². The fourth-order valence-corrected chi connectivity index (χ4v) is 1.95. The number of nitrogens with zero attached hydrogens (tertiary/aromatic N) is 1. The van der Waals surface area contributed by atoms with Crippen molar-refractivity contribution in [2.24, 2.45) is 0 Å². The molecular weight excluding hydrogens is 319 g/mol. The Morgan fingerprint density at radius 3 is 2.90 bits per heavy atom. The van der Waals surface area contributed by atoms with Crippen LogP contribution in [-0.2, 0) is 6.61 Å². The van der Waals surface area contributed by atoms with Crippen molar-refractivity contribution in [3.8, 4) is 5.75 Å². The second-order valence-electron chi connectivity index (χ2n) is 4.02. The summed E-state index contributed by atoms with van der Waals surface area (Å²) in [5.41, 5.74) is 0.115. The van der Waals surface area contributed by atoms with Crippen molar-refractivity contribution in [1.29, 1.82) is 0 Å². The summed E-state index contributed by atoms with van der Waals surface area (Å²) in [5.74, 6) is 0.391. The number of ether oxygens (including phenoxy) is 1. The maximum atomic E-state index is 11.6. The summed E-state index contributed by atoms with van der Waals surface area (Å²) in [6.07, 6.45) is 0. The number of carbonyl (C=O) groups is 1. The Morgan fingerprint density at radius 1 is 1.38 bits per heavy atom. The van der Waals surface area contributed by atoms with Gasteiger partial charge in [-0.2, -0.15) is 0 Å². The number of carbonyl (C=O) groups excluding carboxylic acids is 1. The highest BCUT2D eigenvalue weighted by molar-refractivity contribution is 6.35. The van der Waals surface area contributed by atoms with Crippen molar-refractivity contribution in [3.63, 3.8) is 0 Å². The molecule has 1 amide bonds. The highest BCUT2D eigenvalue weighted by atomic mass is 35.5. The van der Waals surface area contributed by atoms with Crippen LogP contribution in [0.25, 0.3) is 0 Å². The van der Waals surface area contributed by atoms with Crippen LogP contribution in [0, 0.1) is 0 Å². The number of hydrogen-bond acceptors (Lipinski definition) is 5. The molecule has 2 aromatic rings. The van der Waals surface area contributed by atoms with Gasteiger partial charge in [-0.3, -0.25) is 4.79 Å². The smallest absolute Gasteiger partial charge is 0.273 e. The first-order chi connectivity index (χ1) is 10.1. The average Bonchev–Trinajstić information content (AvgIpc) is 2.93. The number of aliphatic hydroxyl groups is 1. The largest absolute Gasteiger partial charge is 0.484 e. The predicted octanol–water partition coefficient (Wildman–Crippen LogP) is 2.28. The highest BCUT2D eigenvalue weighted by Crippen LogP contribution is 2.28. The Balaban J connectivity index is 1.95. The standard InChI is InChI=1S/C13H12Cl2N2O4/c14-8-1-2-12(10(15)5-8)20-7-9-6-11(17-21-9)13(19)16-3-4-18/h1-2,5-6,18H,3-4,7H2,(H,16,19). The molecule has 1 aromatic carbocycles. The predicted molar refractivity (Wildman–Crippen MR) is 76.7 cm³/mol. The van der Waals surface area contributed by atoms with Crippen LogP contribution in [0.2, 0.25) is 10.0 Å². The van der Waals surface area contributed by atoms with Gasteiger partial charge in [0.2, 0.25) is 0 Å². The molecule has 2 N–H and O–H groups in total. The van der Waals surface area contributed by atoms with Gasteiger partial charge in [0.15, 0.2) is 11.5 Å². The van der Waals surface area contributed by atoms with Crippen LogP contribution < -0.4 is 10.1 Å². The minimum atomic E-state index is -0.427. The van der Waals surface area contributed by atoms with E-state index >= 15 is 0 Å². The third-order valence-electron chi connectivity index (χ3n) is 2.45. The quantitative estimate of drug-likeness (QED) is 0.848. The molecule has 21 heavy (non-hydrogen) atoms. The van der Waals surface area contributed by atoms with Crippen molar-refractivity contribution >= 4 is 29.1 Å². The van der Waals surface area contributed by atoms with E-state index in [0.717, 1.165) is 0 Å². The van der Waals surface area contributed by atoms with Gasteiger partial charge in [-0.1, -0.05) is 28.4 Å². The van der Waals surface area contributed by atoms with Gasteiger partial charge in [-0.05, 0) is 18.2 Å². The molecule has 1 heterocycles. The van der Waals surface area contributed by atoms with Crippen LogP contribution in [0.15, 0.2) is 28.8 Å². The van der Waals surface area contributed by atoms with E-state index in [-0.39, 0.29) is 25.5 Å². The van der Waals surface area contributed by atoms with E-state index in [2.05, 4.69) is 10.5 Å². The van der Waals surface area contributed by atoms with Crippen LogP contribution in [-0.4, -0.2) is 29.3 Å². The Kier molecular flexibility index (Phi) is 5.44. The molecule has 112 valence electrons. The van der Waals surface area contributed by atoms with Crippen LogP contribution >= 0.6 is 23.2 Å². The molecular formula is C13H12Cl2N2O4. The van der Waals surface area contributed by atoms with Gasteiger partial charge < -0.3 is 19.7 Å². The summed E-state index contributed by atoms with van der Waals surface area (Å²) in [6, 6.07) is 6.30. The number of benzene rings is 1. The minimum absolute atomic E-state index is 0.0711. The maximum absolute atomic E-state index is 11.6. The SMILES string of the molecule is O=C(NCCO)c1cc(COc2ccc(Cl)cc2Cl)on1. The van der Waals surface area contributed by atoms with Gasteiger partial charge >= 0.3 is 0 Å². The van der Waals surface area contributed by atoms with Gasteiger partial charge in [0.1, 0.15) is 12.4 Å². The molecule has 0 aliphatic rings. The molecule has 0 unspecified atom stereocenters. The number of rotatable bonds is 6. The molecule has 0 atom stereocenters.